The highest BCUT2D eigenvalue weighted by Crippen LogP contribution is 1.88. The molecule has 0 radical (unpaired) electrons. The monoisotopic (exact) mass is 124 g/mol. The molecular formula is C6H8N2O. The fourth-order valence-corrected chi connectivity index (χ4v) is 0.553. The van der Waals surface area contributed by atoms with Crippen LogP contribution in [0.4, 0.5) is 0 Å². The average molecular weight is 124 g/mol. The maximum absolute atomic E-state index is 10.7. The number of rotatable bonds is 0. The molecule has 1 aliphatic rings. The minimum Gasteiger partial charge on any atom is -0.331 e. The van der Waals surface area contributed by atoms with Crippen molar-refractivity contribution in [1.29, 1.82) is 0 Å². The molecular weight excluding hydrogens is 116 g/mol. The molecule has 0 unspecified atom stereocenters. The summed E-state index contributed by atoms with van der Waals surface area (Å²) in [6.45, 7) is 0. The van der Waals surface area contributed by atoms with Crippen molar-refractivity contribution in [2.75, 3.05) is 0 Å². The second-order valence-electron chi connectivity index (χ2n) is 1.78. The van der Waals surface area contributed by atoms with Crippen LogP contribution in [-0.4, -0.2) is 11.9 Å². The Labute approximate surface area is 53.2 Å². The van der Waals surface area contributed by atoms with Crippen molar-refractivity contribution in [3.8, 4) is 0 Å². The van der Waals surface area contributed by atoms with Gasteiger partial charge >= 0.3 is 0 Å². The van der Waals surface area contributed by atoms with E-state index in [4.69, 9.17) is 5.73 Å². The molecule has 0 fully saturated rings. The van der Waals surface area contributed by atoms with Gasteiger partial charge in [-0.3, -0.25) is 4.79 Å². The van der Waals surface area contributed by atoms with Gasteiger partial charge in [0.2, 0.25) is 5.91 Å². The van der Waals surface area contributed by atoms with Gasteiger partial charge in [-0.05, 0) is 6.08 Å². The van der Waals surface area contributed by atoms with E-state index in [0.29, 0.717) is 0 Å². The van der Waals surface area contributed by atoms with Gasteiger partial charge in [0.25, 0.3) is 0 Å². The molecule has 0 bridgehead atoms. The molecule has 9 heavy (non-hydrogen) atoms. The van der Waals surface area contributed by atoms with E-state index in [-0.39, 0.29) is 5.91 Å². The van der Waals surface area contributed by atoms with Crippen molar-refractivity contribution < 1.29 is 4.79 Å². The largest absolute Gasteiger partial charge is 0.331 e. The van der Waals surface area contributed by atoms with Crippen LogP contribution in [0.15, 0.2) is 24.4 Å². The first-order valence-corrected chi connectivity index (χ1v) is 2.70. The number of hydrogen-bond donors (Lipinski definition) is 2. The fourth-order valence-electron chi connectivity index (χ4n) is 0.553. The third-order valence-electron chi connectivity index (χ3n) is 1.05. The molecule has 0 spiro atoms. The predicted molar refractivity (Wildman–Crippen MR) is 34.4 cm³/mol. The lowest BCUT2D eigenvalue weighted by Gasteiger charge is -2.00. The number of amides is 1. The van der Waals surface area contributed by atoms with Crippen molar-refractivity contribution in [3.05, 3.63) is 24.4 Å². The molecule has 1 heterocycles. The van der Waals surface area contributed by atoms with Gasteiger partial charge in [0.1, 0.15) is 6.04 Å². The summed E-state index contributed by atoms with van der Waals surface area (Å²) in [5.41, 5.74) is 5.34. The molecule has 3 heteroatoms. The third-order valence-corrected chi connectivity index (χ3v) is 1.05. The Kier molecular flexibility index (Phi) is 1.65. The van der Waals surface area contributed by atoms with E-state index in [9.17, 15) is 4.79 Å². The summed E-state index contributed by atoms with van der Waals surface area (Å²) in [7, 11) is 0. The summed E-state index contributed by atoms with van der Waals surface area (Å²) < 4.78 is 0. The van der Waals surface area contributed by atoms with Crippen molar-refractivity contribution >= 4 is 5.91 Å². The highest BCUT2D eigenvalue weighted by atomic mass is 16.2. The Morgan fingerprint density at radius 1 is 1.56 bits per heavy atom. The van der Waals surface area contributed by atoms with Crippen LogP contribution in [-0.2, 0) is 4.79 Å². The third kappa shape index (κ3) is 1.40. The molecule has 1 atom stereocenters. The predicted octanol–water partition coefficient (Wildman–Crippen LogP) is -0.487. The molecule has 3 N–H and O–H groups in total. The Morgan fingerprint density at radius 2 is 2.33 bits per heavy atom. The van der Waals surface area contributed by atoms with Crippen molar-refractivity contribution in [1.82, 2.24) is 5.32 Å². The molecule has 0 saturated heterocycles. The Balaban J connectivity index is 2.69. The molecule has 1 amide bonds. The SMILES string of the molecule is N[C@@H]1C=CC=CNC1=O. The molecule has 0 aromatic rings. The lowest BCUT2D eigenvalue weighted by Crippen LogP contribution is -2.35. The van der Waals surface area contributed by atoms with Crippen LogP contribution in [0.2, 0.25) is 0 Å². The van der Waals surface area contributed by atoms with Gasteiger partial charge in [-0.25, -0.2) is 0 Å². The minimum absolute atomic E-state index is 0.167. The van der Waals surface area contributed by atoms with Gasteiger partial charge in [-0.1, -0.05) is 12.2 Å². The van der Waals surface area contributed by atoms with Crippen LogP contribution < -0.4 is 11.1 Å². The van der Waals surface area contributed by atoms with E-state index in [1.807, 2.05) is 0 Å². The van der Waals surface area contributed by atoms with E-state index in [1.54, 1.807) is 24.4 Å². The topological polar surface area (TPSA) is 55.1 Å². The van der Waals surface area contributed by atoms with Crippen molar-refractivity contribution in [3.63, 3.8) is 0 Å². The smallest absolute Gasteiger partial charge is 0.244 e. The Morgan fingerprint density at radius 3 is 3.11 bits per heavy atom. The van der Waals surface area contributed by atoms with E-state index in [1.165, 1.54) is 0 Å². The summed E-state index contributed by atoms with van der Waals surface area (Å²) in [6, 6.07) is -0.500. The lowest BCUT2D eigenvalue weighted by molar-refractivity contribution is -0.120. The van der Waals surface area contributed by atoms with Crippen LogP contribution in [0.25, 0.3) is 0 Å². The first-order valence-electron chi connectivity index (χ1n) is 2.70. The van der Waals surface area contributed by atoms with Gasteiger partial charge in [0.15, 0.2) is 0 Å². The Bertz CT molecular complexity index is 172. The van der Waals surface area contributed by atoms with E-state index < -0.39 is 6.04 Å². The summed E-state index contributed by atoms with van der Waals surface area (Å²) in [4.78, 5) is 10.7. The summed E-state index contributed by atoms with van der Waals surface area (Å²) >= 11 is 0. The van der Waals surface area contributed by atoms with Gasteiger partial charge in [0, 0.05) is 6.20 Å². The van der Waals surface area contributed by atoms with E-state index >= 15 is 0 Å². The van der Waals surface area contributed by atoms with Gasteiger partial charge in [-0.15, -0.1) is 0 Å². The number of hydrogen-bond acceptors (Lipinski definition) is 2. The number of nitrogens with one attached hydrogen (secondary N) is 1. The average Bonchev–Trinajstić information content (AvgIpc) is 1.99. The molecule has 1 rings (SSSR count). The van der Waals surface area contributed by atoms with Gasteiger partial charge < -0.3 is 11.1 Å². The number of allylic oxidation sites excluding steroid dienone is 2. The van der Waals surface area contributed by atoms with Crippen LogP contribution in [0.5, 0.6) is 0 Å². The number of carbonyl (C=O) groups excluding carboxylic acids is 1. The molecule has 1 aliphatic heterocycles. The molecule has 0 saturated carbocycles. The highest BCUT2D eigenvalue weighted by Gasteiger charge is 2.07. The molecule has 0 aromatic carbocycles. The molecule has 0 aromatic heterocycles. The number of nitrogens with two attached hydrogens (primary N) is 1. The summed E-state index contributed by atoms with van der Waals surface area (Å²) in [5, 5.41) is 2.49. The highest BCUT2D eigenvalue weighted by molar-refractivity contribution is 5.84. The maximum atomic E-state index is 10.7. The summed E-state index contributed by atoms with van der Waals surface area (Å²) in [5.74, 6) is -0.167. The maximum Gasteiger partial charge on any atom is 0.244 e. The second-order valence-corrected chi connectivity index (χ2v) is 1.78. The minimum atomic E-state index is -0.500. The van der Waals surface area contributed by atoms with Crippen LogP contribution in [0.1, 0.15) is 0 Å². The van der Waals surface area contributed by atoms with Gasteiger partial charge in [0.05, 0.1) is 0 Å². The quantitative estimate of drug-likeness (QED) is 0.458. The van der Waals surface area contributed by atoms with Crippen molar-refractivity contribution in [2.45, 2.75) is 6.04 Å². The molecule has 0 aliphatic carbocycles. The number of carbonyl (C=O) groups is 1. The van der Waals surface area contributed by atoms with Crippen LogP contribution in [0, 0.1) is 0 Å². The van der Waals surface area contributed by atoms with Crippen LogP contribution in [0.3, 0.4) is 0 Å². The first kappa shape index (κ1) is 6.04. The standard InChI is InChI=1S/C6H8N2O/c7-5-3-1-2-4-8-6(5)9/h1-5H,7H2,(H,8,9)/t5-/m1/s1. The zero-order valence-electron chi connectivity index (χ0n) is 4.87. The van der Waals surface area contributed by atoms with E-state index in [2.05, 4.69) is 5.32 Å². The molecule has 48 valence electrons. The zero-order valence-corrected chi connectivity index (χ0v) is 4.87. The normalized spacial score (nSPS) is 25.4. The molecule has 3 nitrogen and oxygen atoms in total. The fraction of sp³-hybridized carbons (Fsp3) is 0.167. The second kappa shape index (κ2) is 2.46. The summed E-state index contributed by atoms with van der Waals surface area (Å²) in [6.07, 6.45) is 6.66. The first-order chi connectivity index (χ1) is 4.30. The van der Waals surface area contributed by atoms with Crippen LogP contribution >= 0.6 is 0 Å². The Hall–Kier alpha value is -1.09. The van der Waals surface area contributed by atoms with E-state index in [0.717, 1.165) is 0 Å². The lowest BCUT2D eigenvalue weighted by atomic mass is 10.3. The van der Waals surface area contributed by atoms with Crippen molar-refractivity contribution in [2.24, 2.45) is 5.73 Å². The van der Waals surface area contributed by atoms with Gasteiger partial charge in [-0.2, -0.15) is 0 Å². The zero-order chi connectivity index (χ0) is 6.69.